The highest BCUT2D eigenvalue weighted by atomic mass is 127. The molecule has 0 fully saturated rings. The van der Waals surface area contributed by atoms with E-state index in [0.29, 0.717) is 11.5 Å². The maximum Gasteiger partial charge on any atom is 0.307 e. The topological polar surface area (TPSA) is 66.8 Å². The van der Waals surface area contributed by atoms with E-state index in [1.165, 1.54) is 0 Å². The van der Waals surface area contributed by atoms with Crippen molar-refractivity contribution in [3.05, 3.63) is 48.1 Å². The Morgan fingerprint density at radius 3 is 2.05 bits per heavy atom. The molecule has 0 amide bonds. The second kappa shape index (κ2) is 7.03. The number of hydrogen-bond donors (Lipinski definition) is 2. The number of phenols is 1. The first-order chi connectivity index (χ1) is 10.3. The number of ether oxygens (including phenoxy) is 1. The lowest BCUT2D eigenvalue weighted by Gasteiger charge is -2.13. The van der Waals surface area contributed by atoms with Crippen molar-refractivity contribution in [3.8, 4) is 17.2 Å². The number of hydrogen-bond acceptors (Lipinski definition) is 3. The number of halogens is 2. The summed E-state index contributed by atoms with van der Waals surface area (Å²) in [4.78, 5) is 10.8. The van der Waals surface area contributed by atoms with Crippen LogP contribution in [0.5, 0.6) is 17.2 Å². The number of phenolic OH excluding ortho intramolecular Hbond substituents is 1. The average molecular weight is 524 g/mol. The van der Waals surface area contributed by atoms with Gasteiger partial charge in [-0.05, 0) is 100.0 Å². The van der Waals surface area contributed by atoms with Gasteiger partial charge in [-0.3, -0.25) is 4.79 Å². The second-order valence-electron chi connectivity index (χ2n) is 4.97. The van der Waals surface area contributed by atoms with E-state index < -0.39 is 5.97 Å². The van der Waals surface area contributed by atoms with Crippen LogP contribution in [0, 0.1) is 21.0 Å². The van der Waals surface area contributed by atoms with Crippen LogP contribution in [0.15, 0.2) is 24.3 Å². The molecule has 0 spiro atoms. The van der Waals surface area contributed by atoms with Gasteiger partial charge in [-0.2, -0.15) is 0 Å². The van der Waals surface area contributed by atoms with Gasteiger partial charge in [-0.25, -0.2) is 0 Å². The number of carbonyl (C=O) groups is 1. The summed E-state index contributed by atoms with van der Waals surface area (Å²) >= 11 is 4.27. The molecule has 0 aliphatic carbocycles. The number of benzene rings is 2. The molecular weight excluding hydrogens is 510 g/mol. The molecule has 22 heavy (non-hydrogen) atoms. The van der Waals surface area contributed by atoms with E-state index in [-0.39, 0.29) is 12.2 Å². The Hall–Kier alpha value is -1.03. The van der Waals surface area contributed by atoms with Gasteiger partial charge in [0.1, 0.15) is 11.5 Å². The Bertz CT molecular complexity index is 695. The van der Waals surface area contributed by atoms with E-state index in [2.05, 4.69) is 45.2 Å². The number of carboxylic acid groups (broad SMARTS) is 1. The molecule has 0 aliphatic rings. The summed E-state index contributed by atoms with van der Waals surface area (Å²) in [7, 11) is 0. The van der Waals surface area contributed by atoms with E-state index >= 15 is 0 Å². The van der Waals surface area contributed by atoms with Gasteiger partial charge in [0, 0.05) is 0 Å². The normalized spacial score (nSPS) is 10.5. The zero-order valence-electron chi connectivity index (χ0n) is 12.0. The van der Waals surface area contributed by atoms with Crippen molar-refractivity contribution in [2.45, 2.75) is 20.3 Å². The molecule has 0 heterocycles. The van der Waals surface area contributed by atoms with Crippen LogP contribution in [0.4, 0.5) is 0 Å². The highest BCUT2D eigenvalue weighted by Gasteiger charge is 2.13. The van der Waals surface area contributed by atoms with Crippen LogP contribution in [0.3, 0.4) is 0 Å². The molecule has 0 atom stereocenters. The number of aromatic hydroxyl groups is 1. The minimum absolute atomic E-state index is 0.0102. The molecule has 0 saturated heterocycles. The molecule has 0 radical (unpaired) electrons. The fourth-order valence-corrected chi connectivity index (χ4v) is 4.20. The van der Waals surface area contributed by atoms with E-state index in [4.69, 9.17) is 9.84 Å². The van der Waals surface area contributed by atoms with Crippen LogP contribution in [-0.4, -0.2) is 16.2 Å². The summed E-state index contributed by atoms with van der Waals surface area (Å²) in [6.07, 6.45) is -0.0102. The summed E-state index contributed by atoms with van der Waals surface area (Å²) in [6, 6.07) is 7.18. The van der Waals surface area contributed by atoms with Gasteiger partial charge in [0.15, 0.2) is 5.75 Å². The van der Waals surface area contributed by atoms with Crippen molar-refractivity contribution in [3.63, 3.8) is 0 Å². The summed E-state index contributed by atoms with van der Waals surface area (Å²) < 4.78 is 7.65. The van der Waals surface area contributed by atoms with Gasteiger partial charge < -0.3 is 14.9 Å². The number of aliphatic carboxylic acids is 1. The fourth-order valence-electron chi connectivity index (χ4n) is 2.08. The standard InChI is InChI=1S/C16H14I2O4/c1-8-3-11(4-9(2)15(8)21)22-16-12(17)5-10(6-13(16)18)7-14(19)20/h3-6,21H,7H2,1-2H3,(H,19,20). The molecular formula is C16H14I2O4. The molecule has 6 heteroatoms. The third kappa shape index (κ3) is 4.03. The lowest BCUT2D eigenvalue weighted by Crippen LogP contribution is -2.02. The Morgan fingerprint density at radius 2 is 1.59 bits per heavy atom. The van der Waals surface area contributed by atoms with Crippen LogP contribution < -0.4 is 4.74 Å². The second-order valence-corrected chi connectivity index (χ2v) is 7.29. The Kier molecular flexibility index (Phi) is 5.54. The summed E-state index contributed by atoms with van der Waals surface area (Å²) in [5.74, 6) is 0.757. The highest BCUT2D eigenvalue weighted by molar-refractivity contribution is 14.1. The molecule has 2 aromatic carbocycles. The minimum Gasteiger partial charge on any atom is -0.507 e. The van der Waals surface area contributed by atoms with Crippen LogP contribution in [0.1, 0.15) is 16.7 Å². The SMILES string of the molecule is Cc1cc(Oc2c(I)cc(CC(=O)O)cc2I)cc(C)c1O. The summed E-state index contributed by atoms with van der Waals surface area (Å²) in [5, 5.41) is 18.7. The maximum atomic E-state index is 10.8. The van der Waals surface area contributed by atoms with Crippen molar-refractivity contribution in [1.82, 2.24) is 0 Å². The van der Waals surface area contributed by atoms with Crippen LogP contribution >= 0.6 is 45.2 Å². The molecule has 0 saturated carbocycles. The molecule has 2 rings (SSSR count). The summed E-state index contributed by atoms with van der Waals surface area (Å²) in [5.41, 5.74) is 2.25. The molecule has 2 aromatic rings. The predicted octanol–water partition coefficient (Wildman–Crippen LogP) is 4.64. The molecule has 2 N–H and O–H groups in total. The van der Waals surface area contributed by atoms with Crippen LogP contribution in [-0.2, 0) is 11.2 Å². The molecule has 4 nitrogen and oxygen atoms in total. The third-order valence-corrected chi connectivity index (χ3v) is 4.70. The van der Waals surface area contributed by atoms with E-state index in [1.807, 2.05) is 26.0 Å². The fraction of sp³-hybridized carbons (Fsp3) is 0.188. The van der Waals surface area contributed by atoms with E-state index in [1.54, 1.807) is 12.1 Å². The van der Waals surface area contributed by atoms with Gasteiger partial charge in [0.05, 0.1) is 13.6 Å². The zero-order chi connectivity index (χ0) is 16.4. The monoisotopic (exact) mass is 524 g/mol. The first kappa shape index (κ1) is 17.3. The molecule has 0 aromatic heterocycles. The Labute approximate surface area is 155 Å². The number of carboxylic acids is 1. The van der Waals surface area contributed by atoms with E-state index in [0.717, 1.165) is 23.8 Å². The maximum absolute atomic E-state index is 10.8. The van der Waals surface area contributed by atoms with Gasteiger partial charge >= 0.3 is 5.97 Å². The quantitative estimate of drug-likeness (QED) is 0.573. The van der Waals surface area contributed by atoms with Gasteiger partial charge in [0.25, 0.3) is 0 Å². The van der Waals surface area contributed by atoms with Crippen molar-refractivity contribution >= 4 is 51.2 Å². The molecule has 0 unspecified atom stereocenters. The van der Waals surface area contributed by atoms with Crippen molar-refractivity contribution < 1.29 is 19.7 Å². The Morgan fingerprint density at radius 1 is 1.09 bits per heavy atom. The molecule has 0 aliphatic heterocycles. The molecule has 0 bridgehead atoms. The predicted molar refractivity (Wildman–Crippen MR) is 101 cm³/mol. The van der Waals surface area contributed by atoms with Crippen molar-refractivity contribution in [2.24, 2.45) is 0 Å². The van der Waals surface area contributed by atoms with Crippen LogP contribution in [0.2, 0.25) is 0 Å². The van der Waals surface area contributed by atoms with Crippen molar-refractivity contribution in [1.29, 1.82) is 0 Å². The lowest BCUT2D eigenvalue weighted by molar-refractivity contribution is -0.136. The van der Waals surface area contributed by atoms with Crippen LogP contribution in [0.25, 0.3) is 0 Å². The van der Waals surface area contributed by atoms with Crippen molar-refractivity contribution in [2.75, 3.05) is 0 Å². The van der Waals surface area contributed by atoms with Gasteiger partial charge in [-0.1, -0.05) is 0 Å². The largest absolute Gasteiger partial charge is 0.507 e. The first-order valence-electron chi connectivity index (χ1n) is 6.45. The molecule has 116 valence electrons. The number of rotatable bonds is 4. The van der Waals surface area contributed by atoms with Gasteiger partial charge in [0.2, 0.25) is 0 Å². The highest BCUT2D eigenvalue weighted by Crippen LogP contribution is 2.35. The number of aryl methyl sites for hydroxylation is 2. The first-order valence-corrected chi connectivity index (χ1v) is 8.61. The van der Waals surface area contributed by atoms with Gasteiger partial charge in [-0.15, -0.1) is 0 Å². The smallest absolute Gasteiger partial charge is 0.307 e. The Balaban J connectivity index is 2.36. The van der Waals surface area contributed by atoms with E-state index in [9.17, 15) is 9.90 Å². The average Bonchev–Trinajstić information content (AvgIpc) is 2.39. The third-order valence-electron chi connectivity index (χ3n) is 3.10. The summed E-state index contributed by atoms with van der Waals surface area (Å²) in [6.45, 7) is 3.64. The zero-order valence-corrected chi connectivity index (χ0v) is 16.3. The lowest BCUT2D eigenvalue weighted by atomic mass is 10.1. The minimum atomic E-state index is -0.856.